The number of primary amides is 2. The topological polar surface area (TPSA) is 478 Å². The lowest BCUT2D eigenvalue weighted by Crippen LogP contribution is -2.59. The summed E-state index contributed by atoms with van der Waals surface area (Å²) in [5, 5.41) is 30.9. The number of aromatic amines is 2. The van der Waals surface area contributed by atoms with Gasteiger partial charge in [-0.3, -0.25) is 52.7 Å². The first-order valence-corrected chi connectivity index (χ1v) is 31.2. The minimum Gasteiger partial charge on any atom is -0.370 e. The van der Waals surface area contributed by atoms with E-state index in [1.807, 2.05) is 39.0 Å². The van der Waals surface area contributed by atoms with Crippen molar-refractivity contribution in [2.75, 3.05) is 64.3 Å². The van der Waals surface area contributed by atoms with E-state index in [9.17, 15) is 52.7 Å². The van der Waals surface area contributed by atoms with Crippen molar-refractivity contribution in [3.63, 3.8) is 0 Å². The molecule has 30 heteroatoms. The lowest BCUT2D eigenvalue weighted by molar-refractivity contribution is -0.136. The number of carbonyl (C=O) groups is 11. The maximum absolute atomic E-state index is 14.3. The fourth-order valence-electron chi connectivity index (χ4n) is 9.80. The number of anilines is 1. The number of para-hydroxylation sites is 1. The molecule has 0 aliphatic heterocycles. The van der Waals surface area contributed by atoms with E-state index >= 15 is 0 Å². The Labute approximate surface area is 536 Å². The highest BCUT2D eigenvalue weighted by Crippen LogP contribution is 2.20. The number of ether oxygens (including phenoxy) is 1. The van der Waals surface area contributed by atoms with Crippen molar-refractivity contribution in [2.24, 2.45) is 40.7 Å². The zero-order valence-corrected chi connectivity index (χ0v) is 53.5. The fourth-order valence-corrected chi connectivity index (χ4v) is 9.80. The van der Waals surface area contributed by atoms with Gasteiger partial charge in [-0.1, -0.05) is 77.8 Å². The molecule has 4 rings (SSSR count). The number of nitrogens with one attached hydrogen (secondary N) is 13. The summed E-state index contributed by atoms with van der Waals surface area (Å²) in [7, 11) is 0. The number of rotatable bonds is 44. The smallest absolute Gasteiger partial charge is 0.250 e. The highest BCUT2D eigenvalue weighted by atomic mass is 16.5. The molecule has 2 aromatic heterocycles. The van der Waals surface area contributed by atoms with Crippen LogP contribution in [0.3, 0.4) is 0 Å². The SMILES string of the molecule is CCCCC(NC(=O)C(CC(C)C)NC(=O)C(Cc1cnc[nH]1)NC(=O)CNC(=O)C(NC(=O)C(C)NC(=O)C(Cc1c[nH]c2ccccc12)NC(=O)C(CCC(N)=O)NC(=O)COCC(=O)Nc1ccc(CC(CNCCN)CNCCN)cc1)C(C)C)C(N)=O. The highest BCUT2D eigenvalue weighted by molar-refractivity contribution is 5.98. The summed E-state index contributed by atoms with van der Waals surface area (Å²) in [5.41, 5.74) is 25.6. The third-order valence-electron chi connectivity index (χ3n) is 14.7. The number of hydrogen-bond donors (Lipinski definition) is 17. The molecule has 92 heavy (non-hydrogen) atoms. The molecule has 0 radical (unpaired) electrons. The van der Waals surface area contributed by atoms with E-state index in [0.717, 1.165) is 42.4 Å². The summed E-state index contributed by atoms with van der Waals surface area (Å²) in [6.07, 6.45) is 6.20. The number of hydrogen-bond acceptors (Lipinski definition) is 17. The third kappa shape index (κ3) is 27.3. The summed E-state index contributed by atoms with van der Waals surface area (Å²) < 4.78 is 5.40. The number of aromatic nitrogens is 3. The van der Waals surface area contributed by atoms with E-state index < -0.39 is 133 Å². The number of nitrogens with zero attached hydrogens (tertiary/aromatic N) is 1. The number of imidazole rings is 1. The summed E-state index contributed by atoms with van der Waals surface area (Å²) in [6.45, 7) is 12.3. The zero-order chi connectivity index (χ0) is 67.7. The first-order valence-electron chi connectivity index (χ1n) is 31.2. The molecular weight excluding hydrogens is 1190 g/mol. The second kappa shape index (κ2) is 40.1. The molecule has 0 saturated carbocycles. The van der Waals surface area contributed by atoms with Crippen LogP contribution in [-0.4, -0.2) is 181 Å². The van der Waals surface area contributed by atoms with E-state index in [-0.39, 0.29) is 43.9 Å². The maximum atomic E-state index is 14.3. The first-order chi connectivity index (χ1) is 43.9. The van der Waals surface area contributed by atoms with Crippen LogP contribution in [-0.2, 0) is 76.7 Å². The molecule has 0 aliphatic carbocycles. The lowest BCUT2D eigenvalue weighted by Gasteiger charge is -2.26. The van der Waals surface area contributed by atoms with E-state index in [2.05, 4.69) is 73.4 Å². The summed E-state index contributed by atoms with van der Waals surface area (Å²) >= 11 is 0. The molecule has 0 fully saturated rings. The Hall–Kier alpha value is -8.84. The fraction of sp³-hybridized carbons (Fsp3) is 0.548. The van der Waals surface area contributed by atoms with Gasteiger partial charge in [0.05, 0.1) is 12.9 Å². The van der Waals surface area contributed by atoms with E-state index in [4.69, 9.17) is 27.7 Å². The number of amides is 11. The summed E-state index contributed by atoms with van der Waals surface area (Å²) in [6, 6.07) is 5.66. The Morgan fingerprint density at radius 2 is 1.22 bits per heavy atom. The van der Waals surface area contributed by atoms with Crippen molar-refractivity contribution < 1.29 is 57.5 Å². The average molecular weight is 1290 g/mol. The summed E-state index contributed by atoms with van der Waals surface area (Å²) in [5.74, 6) is -8.84. The lowest BCUT2D eigenvalue weighted by atomic mass is 9.98. The molecule has 2 heterocycles. The van der Waals surface area contributed by atoms with Crippen LogP contribution >= 0.6 is 0 Å². The van der Waals surface area contributed by atoms with Crippen LogP contribution in [0, 0.1) is 17.8 Å². The molecule has 0 spiro atoms. The minimum absolute atomic E-state index is 0.0861. The number of carbonyl (C=O) groups excluding carboxylic acids is 11. The third-order valence-corrected chi connectivity index (χ3v) is 14.7. The Morgan fingerprint density at radius 3 is 1.84 bits per heavy atom. The standard InChI is InChI=1S/C62H96N18O12/c1-7-8-12-46(56(66)85)77-60(89)48(24-36(2)3)78-61(90)50(27-43-31-69-35-72-43)76-52(82)32-71-62(91)55(37(4)5)80-57(86)38(6)73-59(88)49(26-41-30-70-45-13-10-9-11-44(41)45)79-58(87)47(18-19-51(65)81)75-54(84)34-92-33-53(83)74-42-16-14-39(15-17-42)25-40(28-67-22-20-63)29-68-23-21-64/h9-11,13-17,30-31,35-38,40,46-50,55,67-68,70H,7-8,12,18-29,32-34,63-64H2,1-6H3,(H2,65,81)(H2,66,85)(H,69,72)(H,71,91)(H,73,88)(H,74,83)(H,75,84)(H,76,82)(H,77,89)(H,78,90)(H,79,87)(H,80,86). The van der Waals surface area contributed by atoms with Crippen LogP contribution in [0.4, 0.5) is 5.69 Å². The zero-order valence-electron chi connectivity index (χ0n) is 53.5. The number of fused-ring (bicyclic) bond motifs is 1. The quantitative estimate of drug-likeness (QED) is 0.0208. The molecule has 21 N–H and O–H groups in total. The number of nitrogens with two attached hydrogens (primary N) is 4. The molecule has 506 valence electrons. The van der Waals surface area contributed by atoms with Gasteiger partial charge in [0.1, 0.15) is 55.5 Å². The second-order valence-corrected chi connectivity index (χ2v) is 23.4. The van der Waals surface area contributed by atoms with Crippen molar-refractivity contribution in [3.8, 4) is 0 Å². The van der Waals surface area contributed by atoms with Gasteiger partial charge >= 0.3 is 0 Å². The van der Waals surface area contributed by atoms with Gasteiger partial charge in [0.2, 0.25) is 65.0 Å². The van der Waals surface area contributed by atoms with Gasteiger partial charge in [-0.2, -0.15) is 0 Å². The Bertz CT molecular complexity index is 3020. The molecule has 0 bridgehead atoms. The van der Waals surface area contributed by atoms with Crippen LogP contribution in [0.25, 0.3) is 10.9 Å². The Balaban J connectivity index is 1.40. The van der Waals surface area contributed by atoms with E-state index in [1.54, 1.807) is 50.4 Å². The van der Waals surface area contributed by atoms with Crippen molar-refractivity contribution in [3.05, 3.63) is 84.1 Å². The number of benzene rings is 2. The van der Waals surface area contributed by atoms with Crippen LogP contribution in [0.15, 0.2) is 67.3 Å². The molecule has 30 nitrogen and oxygen atoms in total. The van der Waals surface area contributed by atoms with Gasteiger partial charge in [0.25, 0.3) is 0 Å². The second-order valence-electron chi connectivity index (χ2n) is 23.4. The molecule has 0 aliphatic rings. The van der Waals surface area contributed by atoms with E-state index in [1.165, 1.54) is 19.4 Å². The number of H-pyrrole nitrogens is 2. The van der Waals surface area contributed by atoms with Crippen LogP contribution < -0.4 is 81.4 Å². The largest absolute Gasteiger partial charge is 0.370 e. The van der Waals surface area contributed by atoms with E-state index in [0.29, 0.717) is 56.0 Å². The van der Waals surface area contributed by atoms with Crippen molar-refractivity contribution >= 4 is 81.6 Å². The Morgan fingerprint density at radius 1 is 0.609 bits per heavy atom. The van der Waals surface area contributed by atoms with Crippen molar-refractivity contribution in [1.82, 2.24) is 68.1 Å². The van der Waals surface area contributed by atoms with Gasteiger partial charge < -0.3 is 96.1 Å². The van der Waals surface area contributed by atoms with Gasteiger partial charge in [0, 0.05) is 80.1 Å². The first kappa shape index (κ1) is 75.6. The van der Waals surface area contributed by atoms with Crippen molar-refractivity contribution in [2.45, 2.75) is 142 Å². The average Bonchev–Trinajstić information content (AvgIpc) is 1.68. The Kier molecular flexibility index (Phi) is 33.0. The molecule has 7 unspecified atom stereocenters. The van der Waals surface area contributed by atoms with Crippen LogP contribution in [0.5, 0.6) is 0 Å². The van der Waals surface area contributed by atoms with Gasteiger partial charge in [0.15, 0.2) is 0 Å². The molecule has 4 aromatic rings. The van der Waals surface area contributed by atoms with Gasteiger partial charge in [-0.25, -0.2) is 4.98 Å². The van der Waals surface area contributed by atoms with Crippen LogP contribution in [0.1, 0.15) is 96.9 Å². The molecule has 11 amide bonds. The van der Waals surface area contributed by atoms with Crippen molar-refractivity contribution in [1.29, 1.82) is 0 Å². The molecule has 2 aromatic carbocycles. The molecular formula is C62H96N18O12. The van der Waals surface area contributed by atoms with Gasteiger partial charge in [-0.15, -0.1) is 0 Å². The normalized spacial score (nSPS) is 13.6. The molecule has 7 atom stereocenters. The monoisotopic (exact) mass is 1280 g/mol. The molecule has 0 saturated heterocycles. The number of unbranched alkanes of at least 4 members (excludes halogenated alkanes) is 1. The highest BCUT2D eigenvalue weighted by Gasteiger charge is 2.34. The minimum atomic E-state index is -1.44. The predicted molar refractivity (Wildman–Crippen MR) is 345 cm³/mol. The predicted octanol–water partition coefficient (Wildman–Crippen LogP) is -2.24. The van der Waals surface area contributed by atoms with Crippen LogP contribution in [0.2, 0.25) is 0 Å². The summed E-state index contributed by atoms with van der Waals surface area (Å²) in [4.78, 5) is 157. The van der Waals surface area contributed by atoms with Gasteiger partial charge in [-0.05, 0) is 92.8 Å². The maximum Gasteiger partial charge on any atom is 0.250 e.